The van der Waals surface area contributed by atoms with Gasteiger partial charge in [0.15, 0.2) is 0 Å². The normalized spacial score (nSPS) is 23.2. The number of alkyl halides is 2. The molecule has 0 aromatic heterocycles. The third kappa shape index (κ3) is 3.22. The molecule has 4 nitrogen and oxygen atoms in total. The molecule has 0 aromatic carbocycles. The first kappa shape index (κ1) is 15.9. The second-order valence-corrected chi connectivity index (χ2v) is 6.34. The number of carboxylic acids is 1. The zero-order chi connectivity index (χ0) is 15.1. The Kier molecular flexibility index (Phi) is 3.94. The first-order valence-electron chi connectivity index (χ1n) is 6.32. The number of hydrogen-bond acceptors (Lipinski definition) is 2. The van der Waals surface area contributed by atoms with E-state index in [1.54, 1.807) is 13.8 Å². The molecule has 1 unspecified atom stereocenters. The van der Waals surface area contributed by atoms with Crippen LogP contribution in [0.1, 0.15) is 47.0 Å². The molecule has 110 valence electrons. The summed E-state index contributed by atoms with van der Waals surface area (Å²) in [5.41, 5.74) is -2.21. The summed E-state index contributed by atoms with van der Waals surface area (Å²) in [6.45, 7) is 6.18. The highest BCUT2D eigenvalue weighted by molar-refractivity contribution is 5.82. The monoisotopic (exact) mass is 277 g/mol. The zero-order valence-corrected chi connectivity index (χ0v) is 11.7. The SMILES string of the molecule is CC(C)(NC(=O)C1CCC(F)(F)C1)C(C)(C)C(=O)O. The van der Waals surface area contributed by atoms with Gasteiger partial charge in [0, 0.05) is 24.3 Å². The number of nitrogens with one attached hydrogen (secondary N) is 1. The molecule has 1 fully saturated rings. The van der Waals surface area contributed by atoms with Crippen molar-refractivity contribution in [3.63, 3.8) is 0 Å². The molecular formula is C13H21F2NO3. The Balaban J connectivity index is 2.74. The molecule has 19 heavy (non-hydrogen) atoms. The van der Waals surface area contributed by atoms with Crippen LogP contribution in [0.3, 0.4) is 0 Å². The molecule has 1 amide bonds. The summed E-state index contributed by atoms with van der Waals surface area (Å²) in [4.78, 5) is 23.2. The summed E-state index contributed by atoms with van der Waals surface area (Å²) < 4.78 is 26.2. The third-order valence-electron chi connectivity index (χ3n) is 4.31. The zero-order valence-electron chi connectivity index (χ0n) is 11.7. The Morgan fingerprint density at radius 1 is 1.26 bits per heavy atom. The molecule has 6 heteroatoms. The van der Waals surface area contributed by atoms with E-state index in [4.69, 9.17) is 5.11 Å². The first-order valence-corrected chi connectivity index (χ1v) is 6.32. The lowest BCUT2D eigenvalue weighted by atomic mass is 9.74. The molecule has 1 aliphatic carbocycles. The number of carbonyl (C=O) groups is 2. The van der Waals surface area contributed by atoms with Crippen molar-refractivity contribution in [2.75, 3.05) is 0 Å². The van der Waals surface area contributed by atoms with Gasteiger partial charge in [-0.2, -0.15) is 0 Å². The molecular weight excluding hydrogens is 256 g/mol. The van der Waals surface area contributed by atoms with E-state index < -0.39 is 41.1 Å². The molecule has 0 aliphatic heterocycles. The van der Waals surface area contributed by atoms with E-state index in [0.29, 0.717) is 0 Å². The van der Waals surface area contributed by atoms with Gasteiger partial charge in [0.1, 0.15) is 0 Å². The average Bonchev–Trinajstić information content (AvgIpc) is 2.57. The minimum atomic E-state index is -2.78. The van der Waals surface area contributed by atoms with Crippen LogP contribution in [-0.2, 0) is 9.59 Å². The van der Waals surface area contributed by atoms with Gasteiger partial charge in [-0.1, -0.05) is 0 Å². The molecule has 1 aliphatic rings. The Bertz CT molecular complexity index is 391. The van der Waals surface area contributed by atoms with Crippen molar-refractivity contribution in [3.05, 3.63) is 0 Å². The number of rotatable bonds is 4. The largest absolute Gasteiger partial charge is 0.481 e. The first-order chi connectivity index (χ1) is 8.39. The van der Waals surface area contributed by atoms with E-state index in [1.165, 1.54) is 13.8 Å². The summed E-state index contributed by atoms with van der Waals surface area (Å²) in [6, 6.07) is 0. The molecule has 0 spiro atoms. The summed E-state index contributed by atoms with van der Waals surface area (Å²) in [7, 11) is 0. The van der Waals surface area contributed by atoms with Crippen LogP contribution in [0.25, 0.3) is 0 Å². The highest BCUT2D eigenvalue weighted by Gasteiger charge is 2.47. The summed E-state index contributed by atoms with van der Waals surface area (Å²) in [5.74, 6) is -5.06. The van der Waals surface area contributed by atoms with Crippen molar-refractivity contribution in [2.24, 2.45) is 11.3 Å². The number of carbonyl (C=O) groups excluding carboxylic acids is 1. The fourth-order valence-electron chi connectivity index (χ4n) is 2.01. The maximum absolute atomic E-state index is 13.1. The average molecular weight is 277 g/mol. The van der Waals surface area contributed by atoms with Crippen molar-refractivity contribution in [1.82, 2.24) is 5.32 Å². The lowest BCUT2D eigenvalue weighted by Crippen LogP contribution is -2.58. The van der Waals surface area contributed by atoms with E-state index in [1.807, 2.05) is 0 Å². The van der Waals surface area contributed by atoms with Crippen LogP contribution in [0.5, 0.6) is 0 Å². The number of aliphatic carboxylic acids is 1. The Labute approximate surface area is 111 Å². The van der Waals surface area contributed by atoms with Crippen LogP contribution < -0.4 is 5.32 Å². The molecule has 0 saturated heterocycles. The fourth-order valence-corrected chi connectivity index (χ4v) is 2.01. The standard InChI is InChI=1S/C13H21F2NO3/c1-11(2,10(18)19)12(3,4)16-9(17)8-5-6-13(14,15)7-8/h8H,5-7H2,1-4H3,(H,16,17)(H,18,19). The van der Waals surface area contributed by atoms with Crippen molar-refractivity contribution < 1.29 is 23.5 Å². The summed E-state index contributed by atoms with van der Waals surface area (Å²) in [6.07, 6.45) is -0.599. The highest BCUT2D eigenvalue weighted by Crippen LogP contribution is 2.39. The van der Waals surface area contributed by atoms with Crippen molar-refractivity contribution in [2.45, 2.75) is 58.4 Å². The smallest absolute Gasteiger partial charge is 0.311 e. The Hall–Kier alpha value is -1.20. The summed E-state index contributed by atoms with van der Waals surface area (Å²) in [5, 5.41) is 11.8. The van der Waals surface area contributed by atoms with Crippen molar-refractivity contribution in [3.8, 4) is 0 Å². The molecule has 0 aromatic rings. The van der Waals surface area contributed by atoms with E-state index in [2.05, 4.69) is 5.32 Å². The van der Waals surface area contributed by atoms with Crippen LogP contribution in [0.15, 0.2) is 0 Å². The van der Waals surface area contributed by atoms with Gasteiger partial charge in [0.25, 0.3) is 0 Å². The van der Waals surface area contributed by atoms with Gasteiger partial charge < -0.3 is 10.4 Å². The van der Waals surface area contributed by atoms with Gasteiger partial charge >= 0.3 is 5.97 Å². The van der Waals surface area contributed by atoms with Gasteiger partial charge in [0.2, 0.25) is 11.8 Å². The van der Waals surface area contributed by atoms with E-state index in [-0.39, 0.29) is 12.8 Å². The Morgan fingerprint density at radius 3 is 2.16 bits per heavy atom. The minimum absolute atomic E-state index is 0.141. The maximum atomic E-state index is 13.1. The molecule has 1 rings (SSSR count). The van der Waals surface area contributed by atoms with Gasteiger partial charge in [-0.25, -0.2) is 8.78 Å². The number of carboxylic acid groups (broad SMARTS) is 1. The second-order valence-electron chi connectivity index (χ2n) is 6.34. The van der Waals surface area contributed by atoms with Gasteiger partial charge in [-0.05, 0) is 34.1 Å². The molecule has 0 bridgehead atoms. The predicted octanol–water partition coefficient (Wildman–Crippen LogP) is 2.43. The van der Waals surface area contributed by atoms with Crippen LogP contribution in [-0.4, -0.2) is 28.4 Å². The highest BCUT2D eigenvalue weighted by atomic mass is 19.3. The molecule has 1 saturated carbocycles. The van der Waals surface area contributed by atoms with Gasteiger partial charge in [-0.3, -0.25) is 9.59 Å². The van der Waals surface area contributed by atoms with Crippen molar-refractivity contribution in [1.29, 1.82) is 0 Å². The lowest BCUT2D eigenvalue weighted by Gasteiger charge is -2.39. The van der Waals surface area contributed by atoms with Gasteiger partial charge in [-0.15, -0.1) is 0 Å². The van der Waals surface area contributed by atoms with Crippen LogP contribution in [0.4, 0.5) is 8.78 Å². The maximum Gasteiger partial charge on any atom is 0.311 e. The van der Waals surface area contributed by atoms with Gasteiger partial charge in [0.05, 0.1) is 5.41 Å². The van der Waals surface area contributed by atoms with Crippen molar-refractivity contribution >= 4 is 11.9 Å². The molecule has 1 atom stereocenters. The second kappa shape index (κ2) is 4.72. The Morgan fingerprint density at radius 2 is 1.79 bits per heavy atom. The van der Waals surface area contributed by atoms with Crippen LogP contribution in [0, 0.1) is 11.3 Å². The van der Waals surface area contributed by atoms with E-state index in [9.17, 15) is 18.4 Å². The minimum Gasteiger partial charge on any atom is -0.481 e. The third-order valence-corrected chi connectivity index (χ3v) is 4.31. The van der Waals surface area contributed by atoms with Crippen LogP contribution in [0.2, 0.25) is 0 Å². The number of hydrogen-bond donors (Lipinski definition) is 2. The van der Waals surface area contributed by atoms with Crippen LogP contribution >= 0.6 is 0 Å². The molecule has 0 heterocycles. The topological polar surface area (TPSA) is 66.4 Å². The van der Waals surface area contributed by atoms with E-state index in [0.717, 1.165) is 0 Å². The number of amides is 1. The lowest BCUT2D eigenvalue weighted by molar-refractivity contribution is -0.152. The predicted molar refractivity (Wildman–Crippen MR) is 65.9 cm³/mol. The number of halogens is 2. The quantitative estimate of drug-likeness (QED) is 0.829. The summed E-state index contributed by atoms with van der Waals surface area (Å²) >= 11 is 0. The molecule has 0 radical (unpaired) electrons. The molecule has 2 N–H and O–H groups in total. The van der Waals surface area contributed by atoms with E-state index >= 15 is 0 Å². The fraction of sp³-hybridized carbons (Fsp3) is 0.846.